The van der Waals surface area contributed by atoms with Crippen LogP contribution in [0.15, 0.2) is 54.7 Å². The summed E-state index contributed by atoms with van der Waals surface area (Å²) in [6.07, 6.45) is -2.73. The molecule has 1 atom stereocenters. The van der Waals surface area contributed by atoms with E-state index in [-0.39, 0.29) is 5.41 Å². The van der Waals surface area contributed by atoms with Gasteiger partial charge in [0.25, 0.3) is 5.69 Å². The Balaban J connectivity index is 1.75. The number of aromatic nitrogens is 5. The van der Waals surface area contributed by atoms with E-state index in [1.54, 1.807) is 0 Å². The van der Waals surface area contributed by atoms with Crippen molar-refractivity contribution in [2.75, 3.05) is 0 Å². The van der Waals surface area contributed by atoms with Crippen molar-refractivity contribution in [2.45, 2.75) is 38.0 Å². The predicted octanol–water partition coefficient (Wildman–Crippen LogP) is 3.40. The van der Waals surface area contributed by atoms with Gasteiger partial charge in [0.2, 0.25) is 11.4 Å². The second kappa shape index (κ2) is 5.09. The lowest BCUT2D eigenvalue weighted by atomic mass is 9.79. The first kappa shape index (κ1) is 18.1. The fraction of sp³-hybridized carbons (Fsp3) is 0.250. The van der Waals surface area contributed by atoms with E-state index in [2.05, 4.69) is 45.2 Å². The molecule has 4 aromatic rings. The summed E-state index contributed by atoms with van der Waals surface area (Å²) in [6.45, 7) is 6.23. The molecule has 158 valence electrons. The third kappa shape index (κ3) is 1.73. The van der Waals surface area contributed by atoms with Crippen molar-refractivity contribution in [2.24, 2.45) is 0 Å². The van der Waals surface area contributed by atoms with E-state index in [0.717, 1.165) is 33.9 Å². The maximum absolute atomic E-state index is 13.7. The van der Waals surface area contributed by atoms with Gasteiger partial charge >= 0.3 is 17.7 Å². The molecule has 0 aliphatic carbocycles. The summed E-state index contributed by atoms with van der Waals surface area (Å²) in [7, 11) is 0. The van der Waals surface area contributed by atoms with E-state index in [0.29, 0.717) is 11.5 Å². The van der Waals surface area contributed by atoms with E-state index in [4.69, 9.17) is 0 Å². The minimum absolute atomic E-state index is 0.378. The molecule has 0 saturated heterocycles. The van der Waals surface area contributed by atoms with Crippen LogP contribution < -0.4 is 9.13 Å². The molecule has 8 heteroatoms. The molecule has 5 nitrogen and oxygen atoms in total. The molecule has 0 bridgehead atoms. The lowest BCUT2D eigenvalue weighted by Gasteiger charge is -2.33. The zero-order chi connectivity index (χ0) is 22.2. The average molecular weight is 433 g/mol. The molecule has 7 heterocycles. The van der Waals surface area contributed by atoms with Gasteiger partial charge in [-0.1, -0.05) is 15.8 Å². The average Bonchev–Trinajstić information content (AvgIpc) is 3.38. The summed E-state index contributed by atoms with van der Waals surface area (Å²) in [4.78, 5) is 4.56. The van der Waals surface area contributed by atoms with Crippen molar-refractivity contribution in [1.29, 1.82) is 0 Å². The molecule has 32 heavy (non-hydrogen) atoms. The highest BCUT2D eigenvalue weighted by atomic mass is 19.4. The number of halogens is 3. The monoisotopic (exact) mass is 433 g/mol. The van der Waals surface area contributed by atoms with Gasteiger partial charge in [-0.3, -0.25) is 4.98 Å². The molecule has 0 unspecified atom stereocenters. The van der Waals surface area contributed by atoms with Crippen LogP contribution in [0.25, 0.3) is 17.1 Å². The van der Waals surface area contributed by atoms with Crippen molar-refractivity contribution >= 4 is 0 Å². The molecule has 0 radical (unpaired) electrons. The van der Waals surface area contributed by atoms with Crippen LogP contribution in [0.5, 0.6) is 0 Å². The Bertz CT molecular complexity index is 1510. The molecule has 0 amide bonds. The Morgan fingerprint density at radius 2 is 1.69 bits per heavy atom. The van der Waals surface area contributed by atoms with Crippen LogP contribution in [0, 0.1) is 6.92 Å². The fourth-order valence-corrected chi connectivity index (χ4v) is 5.88. The third-order valence-electron chi connectivity index (χ3n) is 7.15. The summed E-state index contributed by atoms with van der Waals surface area (Å²) in [5.74, 6) is 0.613. The van der Waals surface area contributed by atoms with E-state index < -0.39 is 17.5 Å². The molecule has 0 saturated carbocycles. The van der Waals surface area contributed by atoms with Gasteiger partial charge in [-0.15, -0.1) is 4.57 Å². The molecular formula is C24H18F3N5+2. The number of hydrogen-bond donors (Lipinski definition) is 0. The highest BCUT2D eigenvalue weighted by Crippen LogP contribution is 2.49. The zero-order valence-corrected chi connectivity index (χ0v) is 17.6. The first-order valence-electron chi connectivity index (χ1n) is 10.4. The fourth-order valence-electron chi connectivity index (χ4n) is 5.88. The Kier molecular flexibility index (Phi) is 2.87. The van der Waals surface area contributed by atoms with Crippen molar-refractivity contribution in [1.82, 2.24) is 14.8 Å². The zero-order valence-electron chi connectivity index (χ0n) is 17.6. The molecule has 3 aliphatic heterocycles. The quantitative estimate of drug-likeness (QED) is 0.345. The van der Waals surface area contributed by atoms with E-state index >= 15 is 0 Å². The Morgan fingerprint density at radius 1 is 0.969 bits per heavy atom. The molecule has 0 fully saturated rings. The first-order chi connectivity index (χ1) is 15.2. The maximum Gasteiger partial charge on any atom is 0.437 e. The van der Waals surface area contributed by atoms with Gasteiger partial charge in [0.15, 0.2) is 5.69 Å². The van der Waals surface area contributed by atoms with Crippen LogP contribution in [0.1, 0.15) is 47.9 Å². The topological polar surface area (TPSA) is 38.5 Å². The van der Waals surface area contributed by atoms with E-state index in [1.165, 1.54) is 10.7 Å². The van der Waals surface area contributed by atoms with Gasteiger partial charge in [0.05, 0.1) is 5.56 Å². The largest absolute Gasteiger partial charge is 0.437 e. The molecule has 1 spiro atoms. The minimum atomic E-state index is -4.54. The second-order valence-electron chi connectivity index (χ2n) is 9.23. The number of pyridine rings is 3. The molecule has 7 rings (SSSR count). The Labute approximate surface area is 181 Å². The Hall–Kier alpha value is -3.55. The number of alkyl halides is 3. The number of nitrogens with zero attached hydrogens (tertiary/aromatic N) is 5. The van der Waals surface area contributed by atoms with Crippen molar-refractivity contribution in [3.8, 4) is 17.1 Å². The molecular weight excluding hydrogens is 415 g/mol. The molecule has 0 aromatic carbocycles. The predicted molar refractivity (Wildman–Crippen MR) is 107 cm³/mol. The Morgan fingerprint density at radius 3 is 2.44 bits per heavy atom. The summed E-state index contributed by atoms with van der Waals surface area (Å²) in [5.41, 5.74) is 3.89. The summed E-state index contributed by atoms with van der Waals surface area (Å²) in [5, 5.41) is 4.03. The van der Waals surface area contributed by atoms with Crippen LogP contribution in [0.3, 0.4) is 0 Å². The van der Waals surface area contributed by atoms with Crippen LogP contribution >= 0.6 is 0 Å². The SMILES string of the molecule is Cc1cc2c(cn1)[C@@]13c4cc(C(F)(F)F)nn4-c4cccc([n+]41)C(C)(C)c1cccc-2[n+]13. The number of aryl methyl sites for hydroxylation is 1. The van der Waals surface area contributed by atoms with Crippen LogP contribution in [0.2, 0.25) is 0 Å². The highest BCUT2D eigenvalue weighted by molar-refractivity contribution is 5.68. The normalized spacial score (nSPS) is 20.6. The lowest BCUT2D eigenvalue weighted by Crippen LogP contribution is -2.79. The standard InChI is InChI=1S/C24H18F3N5/c1-13-10-14-15(12-28-13)23-20-11-17(24(25,26)27)29-32(20)21-9-5-8-19(31(21)23)22(2,3)18-7-4-6-16(14)30(18)23/h4-12H,1-3H3/q+2/t23-/m0/s1. The lowest BCUT2D eigenvalue weighted by molar-refractivity contribution is -0.972. The molecule has 3 aliphatic rings. The van der Waals surface area contributed by atoms with Crippen molar-refractivity contribution in [3.05, 3.63) is 88.8 Å². The second-order valence-corrected chi connectivity index (χ2v) is 9.23. The van der Waals surface area contributed by atoms with Crippen LogP contribution in [0.4, 0.5) is 13.2 Å². The van der Waals surface area contributed by atoms with E-state index in [1.807, 2.05) is 43.5 Å². The van der Waals surface area contributed by atoms with Crippen molar-refractivity contribution in [3.63, 3.8) is 0 Å². The van der Waals surface area contributed by atoms with Crippen molar-refractivity contribution < 1.29 is 22.3 Å². The molecule has 4 aromatic heterocycles. The van der Waals surface area contributed by atoms with Gasteiger partial charge in [0.1, 0.15) is 16.7 Å². The summed E-state index contributed by atoms with van der Waals surface area (Å²) >= 11 is 0. The van der Waals surface area contributed by atoms with Gasteiger partial charge in [-0.25, -0.2) is 0 Å². The summed E-state index contributed by atoms with van der Waals surface area (Å²) in [6, 6.07) is 15.1. The number of rotatable bonds is 0. The first-order valence-corrected chi connectivity index (χ1v) is 10.4. The van der Waals surface area contributed by atoms with Gasteiger partial charge < -0.3 is 0 Å². The third-order valence-corrected chi connectivity index (χ3v) is 7.15. The molecule has 0 N–H and O–H groups in total. The van der Waals surface area contributed by atoms with Gasteiger partial charge in [-0.05, 0) is 39.0 Å². The number of fused-ring (bicyclic) bond motifs is 4. The minimum Gasteiger partial charge on any atom is -0.261 e. The smallest absolute Gasteiger partial charge is 0.261 e. The van der Waals surface area contributed by atoms with Gasteiger partial charge in [0, 0.05) is 36.2 Å². The maximum atomic E-state index is 13.7. The van der Waals surface area contributed by atoms with Gasteiger partial charge in [-0.2, -0.15) is 17.7 Å². The highest BCUT2D eigenvalue weighted by Gasteiger charge is 2.73. The number of hydrogen-bond acceptors (Lipinski definition) is 2. The van der Waals surface area contributed by atoms with Crippen LogP contribution in [-0.4, -0.2) is 14.8 Å². The van der Waals surface area contributed by atoms with Crippen LogP contribution in [-0.2, 0) is 17.3 Å². The van der Waals surface area contributed by atoms with E-state index in [9.17, 15) is 13.2 Å². The summed E-state index contributed by atoms with van der Waals surface area (Å²) < 4.78 is 47.0.